The lowest BCUT2D eigenvalue weighted by molar-refractivity contribution is -0.122. The number of nitrogens with one attached hydrogen (secondary N) is 1. The maximum atomic E-state index is 13.5. The Labute approximate surface area is 199 Å². The Kier molecular flexibility index (Phi) is 8.08. The van der Waals surface area contributed by atoms with Crippen molar-refractivity contribution < 1.29 is 9.53 Å². The molecule has 0 aromatic heterocycles. The molecule has 0 radical (unpaired) electrons. The minimum absolute atomic E-state index is 0.121. The van der Waals surface area contributed by atoms with Crippen LogP contribution in [0.25, 0.3) is 0 Å². The van der Waals surface area contributed by atoms with Crippen LogP contribution in [-0.4, -0.2) is 37.0 Å². The first-order chi connectivity index (χ1) is 16.0. The molecule has 1 aliphatic heterocycles. The van der Waals surface area contributed by atoms with Gasteiger partial charge in [-0.05, 0) is 81.3 Å². The number of rotatable bonds is 8. The molecule has 1 heterocycles. The van der Waals surface area contributed by atoms with E-state index in [1.165, 1.54) is 37.9 Å². The molecule has 0 bridgehead atoms. The lowest BCUT2D eigenvalue weighted by atomic mass is 9.68. The van der Waals surface area contributed by atoms with Gasteiger partial charge in [0.2, 0.25) is 5.91 Å². The summed E-state index contributed by atoms with van der Waals surface area (Å²) >= 11 is 0. The maximum Gasteiger partial charge on any atom is 0.235 e. The van der Waals surface area contributed by atoms with Gasteiger partial charge in [-0.1, -0.05) is 56.0 Å². The molecule has 1 aliphatic carbocycles. The zero-order valence-electron chi connectivity index (χ0n) is 20.4. The van der Waals surface area contributed by atoms with Gasteiger partial charge in [0.25, 0.3) is 0 Å². The van der Waals surface area contributed by atoms with Gasteiger partial charge in [0.05, 0.1) is 12.0 Å². The second kappa shape index (κ2) is 11.2. The molecule has 1 saturated carbocycles. The molecule has 0 unspecified atom stereocenters. The summed E-state index contributed by atoms with van der Waals surface area (Å²) in [6.07, 6.45) is 8.98. The van der Waals surface area contributed by atoms with Crippen LogP contribution in [0.4, 0.5) is 5.69 Å². The van der Waals surface area contributed by atoms with Gasteiger partial charge in [-0.3, -0.25) is 4.79 Å². The van der Waals surface area contributed by atoms with Gasteiger partial charge in [-0.15, -0.1) is 0 Å². The van der Waals surface area contributed by atoms with E-state index in [1.54, 1.807) is 0 Å². The van der Waals surface area contributed by atoms with E-state index in [1.807, 2.05) is 24.3 Å². The van der Waals surface area contributed by atoms with Crippen LogP contribution in [0.2, 0.25) is 0 Å². The molecule has 2 aliphatic rings. The Morgan fingerprint density at radius 1 is 1.03 bits per heavy atom. The Morgan fingerprint density at radius 2 is 1.76 bits per heavy atom. The van der Waals surface area contributed by atoms with Crippen molar-refractivity contribution in [1.29, 1.82) is 0 Å². The first-order valence-electron chi connectivity index (χ1n) is 12.9. The number of likely N-dealkylation sites (tertiary alicyclic amines) is 1. The highest BCUT2D eigenvalue weighted by Crippen LogP contribution is 2.40. The monoisotopic (exact) mass is 448 g/mol. The summed E-state index contributed by atoms with van der Waals surface area (Å²) in [7, 11) is 0. The van der Waals surface area contributed by atoms with E-state index in [0.717, 1.165) is 68.2 Å². The number of anilines is 1. The highest BCUT2D eigenvalue weighted by molar-refractivity contribution is 5.99. The second-order valence-electron chi connectivity index (χ2n) is 10.2. The molecule has 1 atom stereocenters. The number of carbonyl (C=O) groups is 1. The average molecular weight is 449 g/mol. The van der Waals surface area contributed by atoms with Crippen LogP contribution in [0.5, 0.6) is 5.75 Å². The van der Waals surface area contributed by atoms with Crippen LogP contribution in [0.3, 0.4) is 0 Å². The normalized spacial score (nSPS) is 20.8. The summed E-state index contributed by atoms with van der Waals surface area (Å²) in [5.41, 5.74) is 2.79. The van der Waals surface area contributed by atoms with Crippen LogP contribution < -0.4 is 10.1 Å². The van der Waals surface area contributed by atoms with Crippen molar-refractivity contribution in [3.05, 3.63) is 59.7 Å². The fraction of sp³-hybridized carbons (Fsp3) is 0.552. The molecule has 4 heteroatoms. The second-order valence-corrected chi connectivity index (χ2v) is 10.2. The van der Waals surface area contributed by atoms with Crippen molar-refractivity contribution >= 4 is 11.6 Å². The van der Waals surface area contributed by atoms with Crippen LogP contribution in [-0.2, 0) is 10.2 Å². The van der Waals surface area contributed by atoms with Gasteiger partial charge in [-0.25, -0.2) is 0 Å². The van der Waals surface area contributed by atoms with E-state index < -0.39 is 5.41 Å². The molecule has 2 aromatic rings. The van der Waals surface area contributed by atoms with Gasteiger partial charge >= 0.3 is 0 Å². The van der Waals surface area contributed by atoms with E-state index in [4.69, 9.17) is 4.74 Å². The largest absolute Gasteiger partial charge is 0.494 e. The summed E-state index contributed by atoms with van der Waals surface area (Å²) in [5, 5.41) is 3.21. The number of aryl methyl sites for hydroxylation is 1. The molecule has 1 amide bonds. The molecule has 4 nitrogen and oxygen atoms in total. The van der Waals surface area contributed by atoms with Crippen LogP contribution in [0.1, 0.15) is 69.4 Å². The molecule has 2 fully saturated rings. The number of nitrogens with zero attached hydrogens (tertiary/aromatic N) is 1. The van der Waals surface area contributed by atoms with E-state index in [-0.39, 0.29) is 5.91 Å². The lowest BCUT2D eigenvalue weighted by Gasteiger charge is -2.36. The van der Waals surface area contributed by atoms with Crippen molar-refractivity contribution in [2.45, 2.75) is 70.6 Å². The van der Waals surface area contributed by atoms with E-state index in [2.05, 4.69) is 48.3 Å². The quantitative estimate of drug-likeness (QED) is 0.479. The maximum absolute atomic E-state index is 13.5. The van der Waals surface area contributed by atoms with Crippen molar-refractivity contribution in [2.75, 3.05) is 31.6 Å². The van der Waals surface area contributed by atoms with Gasteiger partial charge in [0.15, 0.2) is 0 Å². The van der Waals surface area contributed by atoms with Gasteiger partial charge in [0.1, 0.15) is 5.75 Å². The van der Waals surface area contributed by atoms with Crippen molar-refractivity contribution in [3.63, 3.8) is 0 Å². The minimum atomic E-state index is -0.424. The SMILES string of the molecule is Cc1ccc(C2(C(=O)Nc3ccc(OCCCN4CCC[C@H](C)C4)cc3)CCCCC2)cc1. The third-order valence-electron chi connectivity index (χ3n) is 7.49. The van der Waals surface area contributed by atoms with E-state index in [9.17, 15) is 4.79 Å². The molecule has 0 spiro atoms. The number of amides is 1. The van der Waals surface area contributed by atoms with Crippen LogP contribution in [0, 0.1) is 12.8 Å². The molecular formula is C29H40N2O2. The first-order valence-corrected chi connectivity index (χ1v) is 12.9. The number of piperidine rings is 1. The fourth-order valence-corrected chi connectivity index (χ4v) is 5.53. The smallest absolute Gasteiger partial charge is 0.235 e. The van der Waals surface area contributed by atoms with Gasteiger partial charge in [-0.2, -0.15) is 0 Å². The molecule has 4 rings (SSSR count). The molecular weight excluding hydrogens is 408 g/mol. The first kappa shape index (κ1) is 23.8. The fourth-order valence-electron chi connectivity index (χ4n) is 5.53. The summed E-state index contributed by atoms with van der Waals surface area (Å²) in [6.45, 7) is 8.73. The Morgan fingerprint density at radius 3 is 2.45 bits per heavy atom. The average Bonchev–Trinajstić information content (AvgIpc) is 2.84. The van der Waals surface area contributed by atoms with Crippen molar-refractivity contribution in [2.24, 2.45) is 5.92 Å². The Hall–Kier alpha value is -2.33. The Balaban J connectivity index is 1.31. The predicted octanol–water partition coefficient (Wildman–Crippen LogP) is 6.34. The summed E-state index contributed by atoms with van der Waals surface area (Å²) in [6, 6.07) is 16.4. The number of hydrogen-bond donors (Lipinski definition) is 1. The number of hydrogen-bond acceptors (Lipinski definition) is 3. The van der Waals surface area contributed by atoms with E-state index in [0.29, 0.717) is 0 Å². The van der Waals surface area contributed by atoms with Crippen LogP contribution in [0.15, 0.2) is 48.5 Å². The third-order valence-corrected chi connectivity index (χ3v) is 7.49. The minimum Gasteiger partial charge on any atom is -0.494 e. The third kappa shape index (κ3) is 6.17. The molecule has 178 valence electrons. The van der Waals surface area contributed by atoms with Crippen molar-refractivity contribution in [3.8, 4) is 5.75 Å². The van der Waals surface area contributed by atoms with E-state index >= 15 is 0 Å². The summed E-state index contributed by atoms with van der Waals surface area (Å²) < 4.78 is 5.96. The molecule has 33 heavy (non-hydrogen) atoms. The molecule has 2 aromatic carbocycles. The zero-order valence-corrected chi connectivity index (χ0v) is 20.4. The van der Waals surface area contributed by atoms with Gasteiger partial charge < -0.3 is 15.0 Å². The number of ether oxygens (including phenoxy) is 1. The highest BCUT2D eigenvalue weighted by atomic mass is 16.5. The highest BCUT2D eigenvalue weighted by Gasteiger charge is 2.41. The summed E-state index contributed by atoms with van der Waals surface area (Å²) in [4.78, 5) is 16.1. The number of carbonyl (C=O) groups excluding carboxylic acids is 1. The Bertz CT molecular complexity index is 885. The van der Waals surface area contributed by atoms with Crippen molar-refractivity contribution in [1.82, 2.24) is 4.90 Å². The topological polar surface area (TPSA) is 41.6 Å². The molecule has 1 saturated heterocycles. The predicted molar refractivity (Wildman–Crippen MR) is 136 cm³/mol. The number of benzene rings is 2. The summed E-state index contributed by atoms with van der Waals surface area (Å²) in [5.74, 6) is 1.81. The van der Waals surface area contributed by atoms with Gasteiger partial charge in [0, 0.05) is 18.8 Å². The standard InChI is InChI=1S/C29H40N2O2/c1-23-9-11-25(12-10-23)29(17-4-3-5-18-29)28(32)30-26-13-15-27(16-14-26)33-21-7-20-31-19-6-8-24(2)22-31/h9-16,24H,3-8,17-22H2,1-2H3,(H,30,32)/t24-/m0/s1. The lowest BCUT2D eigenvalue weighted by Crippen LogP contribution is -2.42. The zero-order chi connectivity index (χ0) is 23.1. The van der Waals surface area contributed by atoms with Crippen LogP contribution >= 0.6 is 0 Å². The molecule has 1 N–H and O–H groups in total.